The number of aliphatic hydroxyl groups excluding tert-OH is 1. The molecule has 0 radical (unpaired) electrons. The number of aliphatic hydroxyl groups is 1. The Bertz CT molecular complexity index is 826. The highest BCUT2D eigenvalue weighted by Crippen LogP contribution is 2.17. The molecule has 2 N–H and O–H groups in total. The molecule has 1 aliphatic heterocycles. The molecule has 0 atom stereocenters. The Morgan fingerprint density at radius 3 is 2.82 bits per heavy atom. The van der Waals surface area contributed by atoms with Gasteiger partial charge in [0.1, 0.15) is 17.4 Å². The average molecular weight is 296 g/mol. The van der Waals surface area contributed by atoms with Gasteiger partial charge in [-0.1, -0.05) is 12.1 Å². The molecule has 0 spiro atoms. The second kappa shape index (κ2) is 6.00. The molecule has 6 heteroatoms. The summed E-state index contributed by atoms with van der Waals surface area (Å²) in [6.07, 6.45) is 2.19. The van der Waals surface area contributed by atoms with Crippen molar-refractivity contribution >= 4 is 16.5 Å². The number of likely N-dealkylation sites (tertiary alicyclic amines) is 1. The van der Waals surface area contributed by atoms with Gasteiger partial charge in [-0.25, -0.2) is 4.98 Å². The third-order valence-electron chi connectivity index (χ3n) is 3.82. The Labute approximate surface area is 127 Å². The van der Waals surface area contributed by atoms with Gasteiger partial charge in [0, 0.05) is 0 Å². The first kappa shape index (κ1) is 14.3. The number of para-hydroxylation sites is 1. The number of allylic oxidation sites excluding steroid dienone is 1. The van der Waals surface area contributed by atoms with Crippen LogP contribution in [0.15, 0.2) is 34.8 Å². The predicted octanol–water partition coefficient (Wildman–Crippen LogP) is 1.81. The van der Waals surface area contributed by atoms with Crippen molar-refractivity contribution in [3.63, 3.8) is 0 Å². The topological polar surface area (TPSA) is 93.0 Å². The summed E-state index contributed by atoms with van der Waals surface area (Å²) in [6, 6.07) is 8.87. The third kappa shape index (κ3) is 2.71. The Balaban J connectivity index is 2.03. The Kier molecular flexibility index (Phi) is 3.90. The van der Waals surface area contributed by atoms with E-state index in [2.05, 4.69) is 14.9 Å². The van der Waals surface area contributed by atoms with Crippen molar-refractivity contribution in [3.05, 3.63) is 46.2 Å². The maximum absolute atomic E-state index is 12.1. The number of fused-ring (bicyclic) bond motifs is 1. The van der Waals surface area contributed by atoms with Gasteiger partial charge in [-0.15, -0.1) is 0 Å². The highest BCUT2D eigenvalue weighted by molar-refractivity contribution is 5.81. The molecule has 0 amide bonds. The van der Waals surface area contributed by atoms with E-state index in [-0.39, 0.29) is 22.7 Å². The molecular weight excluding hydrogens is 280 g/mol. The molecule has 0 saturated carbocycles. The molecule has 112 valence electrons. The van der Waals surface area contributed by atoms with E-state index >= 15 is 0 Å². The van der Waals surface area contributed by atoms with Crippen LogP contribution in [0.25, 0.3) is 16.5 Å². The second-order valence-electron chi connectivity index (χ2n) is 5.35. The Morgan fingerprint density at radius 1 is 1.36 bits per heavy atom. The van der Waals surface area contributed by atoms with Crippen LogP contribution in [-0.2, 0) is 0 Å². The van der Waals surface area contributed by atoms with Gasteiger partial charge in [-0.3, -0.25) is 9.69 Å². The van der Waals surface area contributed by atoms with Gasteiger partial charge in [0.15, 0.2) is 5.82 Å². The standard InChI is InChI=1S/C16H16N4O2/c17-9-12(14(21)10-20-7-3-4-8-20)15-18-13-6-2-1-5-11(13)16(22)19-15/h1-2,5-6,21H,3-4,7-8,10H2,(H,18,19,22). The van der Waals surface area contributed by atoms with E-state index in [4.69, 9.17) is 0 Å². The molecule has 1 saturated heterocycles. The molecule has 0 bridgehead atoms. The van der Waals surface area contributed by atoms with Crippen molar-refractivity contribution in [2.75, 3.05) is 19.6 Å². The molecule has 1 aromatic heterocycles. The number of nitriles is 1. The maximum Gasteiger partial charge on any atom is 0.259 e. The summed E-state index contributed by atoms with van der Waals surface area (Å²) in [5.74, 6) is 0.0609. The largest absolute Gasteiger partial charge is 0.509 e. The first-order valence-electron chi connectivity index (χ1n) is 7.23. The van der Waals surface area contributed by atoms with Crippen molar-refractivity contribution in [1.82, 2.24) is 14.9 Å². The van der Waals surface area contributed by atoms with Crippen molar-refractivity contribution in [3.8, 4) is 6.07 Å². The fourth-order valence-electron chi connectivity index (χ4n) is 2.69. The number of aromatic nitrogens is 2. The van der Waals surface area contributed by atoms with Gasteiger partial charge in [0.2, 0.25) is 0 Å². The van der Waals surface area contributed by atoms with Gasteiger partial charge in [0.05, 0.1) is 17.4 Å². The van der Waals surface area contributed by atoms with Crippen LogP contribution < -0.4 is 5.56 Å². The zero-order valence-corrected chi connectivity index (χ0v) is 12.0. The van der Waals surface area contributed by atoms with Crippen molar-refractivity contribution in [2.24, 2.45) is 0 Å². The lowest BCUT2D eigenvalue weighted by atomic mass is 10.2. The van der Waals surface area contributed by atoms with Crippen LogP contribution in [0.1, 0.15) is 18.7 Å². The molecule has 1 aromatic carbocycles. The van der Waals surface area contributed by atoms with Gasteiger partial charge >= 0.3 is 0 Å². The molecule has 3 rings (SSSR count). The second-order valence-corrected chi connectivity index (χ2v) is 5.35. The molecular formula is C16H16N4O2. The third-order valence-corrected chi connectivity index (χ3v) is 3.82. The van der Waals surface area contributed by atoms with Gasteiger partial charge in [0.25, 0.3) is 5.56 Å². The minimum atomic E-state index is -0.317. The lowest BCUT2D eigenvalue weighted by Gasteiger charge is -2.14. The summed E-state index contributed by atoms with van der Waals surface area (Å²) in [5, 5.41) is 20.0. The van der Waals surface area contributed by atoms with E-state index in [9.17, 15) is 15.2 Å². The monoisotopic (exact) mass is 296 g/mol. The fourth-order valence-corrected chi connectivity index (χ4v) is 2.69. The quantitative estimate of drug-likeness (QED) is 0.665. The zero-order valence-electron chi connectivity index (χ0n) is 12.0. The lowest BCUT2D eigenvalue weighted by Crippen LogP contribution is -2.23. The molecule has 2 aromatic rings. The number of benzene rings is 1. The molecule has 22 heavy (non-hydrogen) atoms. The van der Waals surface area contributed by atoms with Gasteiger partial charge in [-0.2, -0.15) is 5.26 Å². The number of hydrogen-bond donors (Lipinski definition) is 2. The van der Waals surface area contributed by atoms with E-state index in [1.54, 1.807) is 24.3 Å². The zero-order chi connectivity index (χ0) is 15.5. The summed E-state index contributed by atoms with van der Waals surface area (Å²) in [4.78, 5) is 21.0. The Hall–Kier alpha value is -2.65. The van der Waals surface area contributed by atoms with Crippen molar-refractivity contribution < 1.29 is 5.11 Å². The van der Waals surface area contributed by atoms with Gasteiger partial charge < -0.3 is 10.1 Å². The number of rotatable bonds is 3. The summed E-state index contributed by atoms with van der Waals surface area (Å²) in [5.41, 5.74) is 0.208. The van der Waals surface area contributed by atoms with E-state index in [0.29, 0.717) is 17.4 Å². The molecule has 0 unspecified atom stereocenters. The average Bonchev–Trinajstić information content (AvgIpc) is 3.01. The van der Waals surface area contributed by atoms with Crippen LogP contribution >= 0.6 is 0 Å². The first-order chi connectivity index (χ1) is 10.7. The Morgan fingerprint density at radius 2 is 2.09 bits per heavy atom. The maximum atomic E-state index is 12.1. The molecule has 2 heterocycles. The number of hydrogen-bond acceptors (Lipinski definition) is 5. The molecule has 1 aliphatic rings. The fraction of sp³-hybridized carbons (Fsp3) is 0.312. The molecule has 0 aliphatic carbocycles. The van der Waals surface area contributed by atoms with Crippen LogP contribution in [0.2, 0.25) is 0 Å². The summed E-state index contributed by atoms with van der Waals surface area (Å²) >= 11 is 0. The predicted molar refractivity (Wildman–Crippen MR) is 83.2 cm³/mol. The number of aromatic amines is 1. The number of nitrogens with one attached hydrogen (secondary N) is 1. The molecule has 6 nitrogen and oxygen atoms in total. The van der Waals surface area contributed by atoms with E-state index in [1.165, 1.54) is 0 Å². The summed E-state index contributed by atoms with van der Waals surface area (Å²) in [6.45, 7) is 2.12. The summed E-state index contributed by atoms with van der Waals surface area (Å²) in [7, 11) is 0. The normalized spacial score (nSPS) is 16.5. The first-order valence-corrected chi connectivity index (χ1v) is 7.23. The van der Waals surface area contributed by atoms with Crippen molar-refractivity contribution in [2.45, 2.75) is 12.8 Å². The number of nitrogens with zero attached hydrogens (tertiary/aromatic N) is 3. The highest BCUT2D eigenvalue weighted by atomic mass is 16.3. The highest BCUT2D eigenvalue weighted by Gasteiger charge is 2.18. The van der Waals surface area contributed by atoms with E-state index < -0.39 is 0 Å². The smallest absolute Gasteiger partial charge is 0.259 e. The van der Waals surface area contributed by atoms with Gasteiger partial charge in [-0.05, 0) is 38.1 Å². The van der Waals surface area contributed by atoms with Crippen LogP contribution in [0.5, 0.6) is 0 Å². The SMILES string of the molecule is N#CC(=C(O)CN1CCCC1)c1nc2ccccc2c(=O)[nH]1. The number of H-pyrrole nitrogens is 1. The van der Waals surface area contributed by atoms with Crippen LogP contribution in [0.3, 0.4) is 0 Å². The molecule has 1 fully saturated rings. The van der Waals surface area contributed by atoms with Crippen molar-refractivity contribution in [1.29, 1.82) is 5.26 Å². The summed E-state index contributed by atoms with van der Waals surface area (Å²) < 4.78 is 0. The lowest BCUT2D eigenvalue weighted by molar-refractivity contribution is 0.293. The van der Waals surface area contributed by atoms with Crippen LogP contribution in [0.4, 0.5) is 0 Å². The van der Waals surface area contributed by atoms with E-state index in [0.717, 1.165) is 25.9 Å². The van der Waals surface area contributed by atoms with Crippen LogP contribution in [0, 0.1) is 11.3 Å². The minimum absolute atomic E-state index is 0.0229. The van der Waals surface area contributed by atoms with E-state index in [1.807, 2.05) is 6.07 Å². The minimum Gasteiger partial charge on any atom is -0.509 e. The van der Waals surface area contributed by atoms with Crippen LogP contribution in [-0.4, -0.2) is 39.6 Å².